The van der Waals surface area contributed by atoms with Crippen molar-refractivity contribution >= 4 is 11.5 Å². The van der Waals surface area contributed by atoms with Crippen LogP contribution in [0, 0.1) is 11.6 Å². The van der Waals surface area contributed by atoms with E-state index in [4.69, 9.17) is 0 Å². The Morgan fingerprint density at radius 3 is 2.50 bits per heavy atom. The van der Waals surface area contributed by atoms with Gasteiger partial charge in [-0.15, -0.1) is 0 Å². The fraction of sp³-hybridized carbons (Fsp3) is 0.211. The van der Waals surface area contributed by atoms with Gasteiger partial charge in [-0.25, -0.2) is 13.6 Å². The maximum absolute atomic E-state index is 13.5. The van der Waals surface area contributed by atoms with Gasteiger partial charge in [0, 0.05) is 25.2 Å². The highest BCUT2D eigenvalue weighted by atomic mass is 19.2. The van der Waals surface area contributed by atoms with Crippen molar-refractivity contribution < 1.29 is 18.7 Å². The van der Waals surface area contributed by atoms with Crippen LogP contribution in [0.5, 0.6) is 0 Å². The second kappa shape index (κ2) is 6.93. The molecule has 0 amide bonds. The normalized spacial score (nSPS) is 15.6. The molecule has 0 aliphatic carbocycles. The molecule has 0 bridgehead atoms. The lowest BCUT2D eigenvalue weighted by Crippen LogP contribution is -2.32. The number of halogens is 2. The Balaban J connectivity index is 1.90. The van der Waals surface area contributed by atoms with Gasteiger partial charge >= 0.3 is 5.97 Å². The highest BCUT2D eigenvalue weighted by Gasteiger charge is 2.24. The third kappa shape index (κ3) is 3.51. The summed E-state index contributed by atoms with van der Waals surface area (Å²) < 4.78 is 26.7. The van der Waals surface area contributed by atoms with Gasteiger partial charge in [0.15, 0.2) is 11.6 Å². The van der Waals surface area contributed by atoms with Gasteiger partial charge in [0.2, 0.25) is 0 Å². The molecular weight excluding hydrogens is 312 g/mol. The van der Waals surface area contributed by atoms with Crippen molar-refractivity contribution in [1.29, 1.82) is 0 Å². The number of carboxylic acid groups (broad SMARTS) is 1. The summed E-state index contributed by atoms with van der Waals surface area (Å²) in [5.74, 6) is -2.91. The average Bonchev–Trinajstić information content (AvgIpc) is 2.58. The van der Waals surface area contributed by atoms with E-state index in [1.54, 1.807) is 0 Å². The Morgan fingerprint density at radius 2 is 1.83 bits per heavy atom. The third-order valence-electron chi connectivity index (χ3n) is 4.20. The minimum atomic E-state index is -1.01. The van der Waals surface area contributed by atoms with Gasteiger partial charge in [-0.2, -0.15) is 0 Å². The van der Waals surface area contributed by atoms with E-state index in [9.17, 15) is 18.7 Å². The monoisotopic (exact) mass is 329 g/mol. The van der Waals surface area contributed by atoms with E-state index in [1.807, 2.05) is 30.3 Å². The summed E-state index contributed by atoms with van der Waals surface area (Å²) >= 11 is 0. The molecule has 1 aliphatic rings. The number of rotatable bonds is 4. The van der Waals surface area contributed by atoms with Crippen molar-refractivity contribution in [3.05, 3.63) is 76.9 Å². The van der Waals surface area contributed by atoms with Gasteiger partial charge in [-0.1, -0.05) is 36.4 Å². The summed E-state index contributed by atoms with van der Waals surface area (Å²) in [6.07, 6.45) is 0.372. The van der Waals surface area contributed by atoms with Gasteiger partial charge < -0.3 is 5.11 Å². The molecule has 0 fully saturated rings. The standard InChI is InChI=1S/C19H17F2NO2/c20-17-7-6-14(10-18(17)21)16-12-22(9-8-15(16)19(23)24)11-13-4-2-1-3-5-13/h1-7,10H,8-9,11-12H2,(H,23,24). The molecule has 2 aromatic carbocycles. The van der Waals surface area contributed by atoms with E-state index < -0.39 is 17.6 Å². The number of carbonyl (C=O) groups is 1. The SMILES string of the molecule is O=C(O)C1=C(c2ccc(F)c(F)c2)CN(Cc2ccccc2)CC1. The smallest absolute Gasteiger partial charge is 0.331 e. The lowest BCUT2D eigenvalue weighted by Gasteiger charge is -2.30. The van der Waals surface area contributed by atoms with E-state index in [-0.39, 0.29) is 5.57 Å². The topological polar surface area (TPSA) is 40.5 Å². The molecule has 5 heteroatoms. The Morgan fingerprint density at radius 1 is 1.08 bits per heavy atom. The van der Waals surface area contributed by atoms with E-state index in [2.05, 4.69) is 4.90 Å². The van der Waals surface area contributed by atoms with Crippen LogP contribution in [0.3, 0.4) is 0 Å². The second-order valence-corrected chi connectivity index (χ2v) is 5.84. The number of aliphatic carboxylic acids is 1. The fourth-order valence-electron chi connectivity index (χ4n) is 2.98. The molecule has 3 rings (SSSR count). The predicted molar refractivity (Wildman–Crippen MR) is 87.2 cm³/mol. The molecule has 0 unspecified atom stereocenters. The van der Waals surface area contributed by atoms with Crippen molar-refractivity contribution in [3.63, 3.8) is 0 Å². The van der Waals surface area contributed by atoms with Crippen LogP contribution in [0.2, 0.25) is 0 Å². The molecule has 1 N–H and O–H groups in total. The summed E-state index contributed by atoms with van der Waals surface area (Å²) in [7, 11) is 0. The number of carboxylic acids is 1. The molecular formula is C19H17F2NO2. The van der Waals surface area contributed by atoms with E-state index in [0.717, 1.165) is 17.7 Å². The summed E-state index contributed by atoms with van der Waals surface area (Å²) in [6, 6.07) is 13.4. The third-order valence-corrected chi connectivity index (χ3v) is 4.20. The maximum atomic E-state index is 13.5. The van der Waals surface area contributed by atoms with Crippen molar-refractivity contribution in [2.75, 3.05) is 13.1 Å². The van der Waals surface area contributed by atoms with Gasteiger partial charge in [-0.05, 0) is 35.3 Å². The summed E-state index contributed by atoms with van der Waals surface area (Å²) in [5, 5.41) is 9.43. The maximum Gasteiger partial charge on any atom is 0.331 e. The molecule has 0 atom stereocenters. The quantitative estimate of drug-likeness (QED) is 0.930. The van der Waals surface area contributed by atoms with Gasteiger partial charge in [0.1, 0.15) is 0 Å². The number of benzene rings is 2. The van der Waals surface area contributed by atoms with E-state index in [0.29, 0.717) is 37.2 Å². The van der Waals surface area contributed by atoms with Crippen molar-refractivity contribution in [2.24, 2.45) is 0 Å². The van der Waals surface area contributed by atoms with Crippen LogP contribution in [-0.2, 0) is 11.3 Å². The van der Waals surface area contributed by atoms with Crippen LogP contribution in [-0.4, -0.2) is 29.1 Å². The zero-order valence-electron chi connectivity index (χ0n) is 13.0. The first kappa shape index (κ1) is 16.3. The van der Waals surface area contributed by atoms with E-state index in [1.165, 1.54) is 6.07 Å². The zero-order valence-corrected chi connectivity index (χ0v) is 13.0. The largest absolute Gasteiger partial charge is 0.478 e. The van der Waals surface area contributed by atoms with Gasteiger partial charge in [-0.3, -0.25) is 4.90 Å². The lowest BCUT2D eigenvalue weighted by molar-refractivity contribution is -0.132. The second-order valence-electron chi connectivity index (χ2n) is 5.84. The molecule has 24 heavy (non-hydrogen) atoms. The van der Waals surface area contributed by atoms with Crippen molar-refractivity contribution in [1.82, 2.24) is 4.90 Å². The first-order valence-corrected chi connectivity index (χ1v) is 7.71. The van der Waals surface area contributed by atoms with Crippen LogP contribution in [0.15, 0.2) is 54.1 Å². The average molecular weight is 329 g/mol. The van der Waals surface area contributed by atoms with Crippen molar-refractivity contribution in [3.8, 4) is 0 Å². The molecule has 0 saturated carbocycles. The Bertz CT molecular complexity index is 787. The summed E-state index contributed by atoms with van der Waals surface area (Å²) in [4.78, 5) is 13.6. The molecule has 3 nitrogen and oxygen atoms in total. The van der Waals surface area contributed by atoms with Gasteiger partial charge in [0.25, 0.3) is 0 Å². The first-order valence-electron chi connectivity index (χ1n) is 7.71. The van der Waals surface area contributed by atoms with Crippen LogP contribution in [0.1, 0.15) is 17.5 Å². The summed E-state index contributed by atoms with van der Waals surface area (Å²) in [6.45, 7) is 1.69. The molecule has 1 aliphatic heterocycles. The van der Waals surface area contributed by atoms with Crippen molar-refractivity contribution in [2.45, 2.75) is 13.0 Å². The Hall–Kier alpha value is -2.53. The molecule has 124 valence electrons. The lowest BCUT2D eigenvalue weighted by atomic mass is 9.93. The van der Waals surface area contributed by atoms with Crippen LogP contribution < -0.4 is 0 Å². The predicted octanol–water partition coefficient (Wildman–Crippen LogP) is 3.71. The van der Waals surface area contributed by atoms with Crippen LogP contribution >= 0.6 is 0 Å². The van der Waals surface area contributed by atoms with Crippen LogP contribution in [0.25, 0.3) is 5.57 Å². The molecule has 2 aromatic rings. The zero-order chi connectivity index (χ0) is 17.1. The fourth-order valence-corrected chi connectivity index (χ4v) is 2.98. The molecule has 0 aromatic heterocycles. The number of hydrogen-bond donors (Lipinski definition) is 1. The molecule has 0 spiro atoms. The van der Waals surface area contributed by atoms with E-state index >= 15 is 0 Å². The Labute approximate surface area is 138 Å². The number of hydrogen-bond acceptors (Lipinski definition) is 2. The molecule has 0 radical (unpaired) electrons. The first-order chi connectivity index (χ1) is 11.5. The molecule has 1 heterocycles. The minimum Gasteiger partial charge on any atom is -0.478 e. The number of nitrogens with zero attached hydrogens (tertiary/aromatic N) is 1. The Kier molecular flexibility index (Phi) is 4.71. The minimum absolute atomic E-state index is 0.269. The van der Waals surface area contributed by atoms with Crippen LogP contribution in [0.4, 0.5) is 8.78 Å². The molecule has 0 saturated heterocycles. The highest BCUT2D eigenvalue weighted by molar-refractivity contribution is 5.97. The highest BCUT2D eigenvalue weighted by Crippen LogP contribution is 2.28. The summed E-state index contributed by atoms with van der Waals surface area (Å²) in [5.41, 5.74) is 2.36. The van der Waals surface area contributed by atoms with Gasteiger partial charge in [0.05, 0.1) is 0 Å².